The van der Waals surface area contributed by atoms with Crippen LogP contribution in [0.3, 0.4) is 0 Å². The van der Waals surface area contributed by atoms with E-state index in [0.29, 0.717) is 19.1 Å². The van der Waals surface area contributed by atoms with Crippen LogP contribution >= 0.6 is 0 Å². The molecule has 0 aromatic carbocycles. The van der Waals surface area contributed by atoms with E-state index in [1.165, 1.54) is 19.3 Å². The van der Waals surface area contributed by atoms with Gasteiger partial charge < -0.3 is 24.0 Å². The zero-order valence-corrected chi connectivity index (χ0v) is 18.3. The molecule has 0 saturated heterocycles. The van der Waals surface area contributed by atoms with Gasteiger partial charge in [0.15, 0.2) is 0 Å². The Morgan fingerprint density at radius 3 is 2.04 bits per heavy atom. The van der Waals surface area contributed by atoms with Gasteiger partial charge in [-0.2, -0.15) is 0 Å². The molecule has 1 N–H and O–H groups in total. The van der Waals surface area contributed by atoms with Crippen molar-refractivity contribution in [2.45, 2.75) is 53.4 Å². The van der Waals surface area contributed by atoms with E-state index in [-0.39, 0.29) is 19.8 Å². The lowest BCUT2D eigenvalue weighted by Crippen LogP contribution is -2.25. The number of rotatable bonds is 17. The summed E-state index contributed by atoms with van der Waals surface area (Å²) in [6.07, 6.45) is 4.71. The molecule has 0 spiro atoms. The van der Waals surface area contributed by atoms with Crippen molar-refractivity contribution < 1.29 is 31.7 Å². The summed E-state index contributed by atoms with van der Waals surface area (Å²) in [7, 11) is -4.61. The normalized spacial score (nSPS) is 12.7. The zero-order chi connectivity index (χ0) is 21.0. The van der Waals surface area contributed by atoms with Crippen molar-refractivity contribution >= 4 is 10.4 Å². The average Bonchev–Trinajstić information content (AvgIpc) is 2.64. The van der Waals surface area contributed by atoms with Crippen molar-refractivity contribution in [2.75, 3.05) is 59.3 Å². The van der Waals surface area contributed by atoms with Crippen molar-refractivity contribution in [3.05, 3.63) is 0 Å². The van der Waals surface area contributed by atoms with E-state index in [2.05, 4.69) is 36.8 Å². The molecular weight excluding hydrogens is 374 g/mol. The number of aliphatic hydroxyl groups is 1. The van der Waals surface area contributed by atoms with E-state index in [4.69, 9.17) is 14.6 Å². The number of nitrogens with zero attached hydrogens (tertiary/aromatic N) is 1. The highest BCUT2D eigenvalue weighted by atomic mass is 32.3. The molecule has 0 aliphatic heterocycles. The quantitative estimate of drug-likeness (QED) is 0.219. The Labute approximate surface area is 166 Å². The molecule has 27 heavy (non-hydrogen) atoms. The molecule has 0 saturated carbocycles. The second-order valence-electron chi connectivity index (χ2n) is 6.08. The molecule has 1 unspecified atom stereocenters. The zero-order valence-electron chi connectivity index (χ0n) is 17.5. The van der Waals surface area contributed by atoms with Crippen LogP contribution in [0.5, 0.6) is 0 Å². The number of ether oxygens (including phenoxy) is 2. The van der Waals surface area contributed by atoms with Crippen molar-refractivity contribution in [1.82, 2.24) is 4.90 Å². The standard InChI is InChI=1S/C12H26O6S.C6H15NO/c1-3-5-6-12(4-2)11-17-8-7-16-9-10-18-19(13,14)15;1-3-7(4-2)5-6-8/h12H,3-11H2,1-2H3,(H,13,14,15);8H,3-6H2,1-2H3/p-1. The second kappa shape index (κ2) is 20.4. The van der Waals surface area contributed by atoms with Crippen molar-refractivity contribution in [3.8, 4) is 0 Å². The Hall–Kier alpha value is -0.290. The van der Waals surface area contributed by atoms with Crippen LogP contribution in [-0.4, -0.2) is 82.3 Å². The Kier molecular flexibility index (Phi) is 21.9. The van der Waals surface area contributed by atoms with Gasteiger partial charge >= 0.3 is 0 Å². The van der Waals surface area contributed by atoms with Gasteiger partial charge in [-0.05, 0) is 25.4 Å². The van der Waals surface area contributed by atoms with Gasteiger partial charge in [-0.25, -0.2) is 8.42 Å². The highest BCUT2D eigenvalue weighted by Gasteiger charge is 2.05. The molecule has 8 nitrogen and oxygen atoms in total. The number of hydrogen-bond donors (Lipinski definition) is 1. The lowest BCUT2D eigenvalue weighted by atomic mass is 10.0. The second-order valence-corrected chi connectivity index (χ2v) is 7.14. The van der Waals surface area contributed by atoms with Gasteiger partial charge in [-0.3, -0.25) is 4.18 Å². The van der Waals surface area contributed by atoms with Crippen molar-refractivity contribution in [3.63, 3.8) is 0 Å². The van der Waals surface area contributed by atoms with Gasteiger partial charge in [0.1, 0.15) is 0 Å². The topological polar surface area (TPSA) is 108 Å². The highest BCUT2D eigenvalue weighted by Crippen LogP contribution is 2.12. The summed E-state index contributed by atoms with van der Waals surface area (Å²) in [5.41, 5.74) is 0. The fourth-order valence-electron chi connectivity index (χ4n) is 2.24. The van der Waals surface area contributed by atoms with E-state index >= 15 is 0 Å². The summed E-state index contributed by atoms with van der Waals surface area (Å²) < 4.78 is 44.9. The van der Waals surface area contributed by atoms with Gasteiger partial charge in [0.05, 0.1) is 33.0 Å². The number of likely N-dealkylation sites (N-methyl/N-ethyl adjacent to an activating group) is 1. The van der Waals surface area contributed by atoms with Crippen molar-refractivity contribution in [2.24, 2.45) is 5.92 Å². The molecule has 0 bridgehead atoms. The van der Waals surface area contributed by atoms with E-state index in [0.717, 1.165) is 32.7 Å². The van der Waals surface area contributed by atoms with E-state index in [9.17, 15) is 13.0 Å². The van der Waals surface area contributed by atoms with Gasteiger partial charge in [0, 0.05) is 13.2 Å². The summed E-state index contributed by atoms with van der Waals surface area (Å²) in [4.78, 5) is 2.18. The minimum atomic E-state index is -4.61. The number of hydrogen-bond acceptors (Lipinski definition) is 8. The first-order chi connectivity index (χ1) is 12.8. The maximum absolute atomic E-state index is 10.1. The first-order valence-corrected chi connectivity index (χ1v) is 11.3. The third-order valence-corrected chi connectivity index (χ3v) is 4.49. The van der Waals surface area contributed by atoms with Crippen LogP contribution in [0.15, 0.2) is 0 Å². The molecule has 1 atom stereocenters. The fraction of sp³-hybridized carbons (Fsp3) is 1.00. The average molecular weight is 415 g/mol. The lowest BCUT2D eigenvalue weighted by Gasteiger charge is -2.15. The third kappa shape index (κ3) is 23.7. The van der Waals surface area contributed by atoms with Crippen LogP contribution in [0.1, 0.15) is 53.4 Å². The Morgan fingerprint density at radius 1 is 1.00 bits per heavy atom. The molecule has 0 radical (unpaired) electrons. The Bertz CT molecular complexity index is 389. The predicted octanol–water partition coefficient (Wildman–Crippen LogP) is 2.03. The minimum Gasteiger partial charge on any atom is -0.726 e. The van der Waals surface area contributed by atoms with E-state index in [1.54, 1.807) is 0 Å². The van der Waals surface area contributed by atoms with Crippen LogP contribution in [0.4, 0.5) is 0 Å². The van der Waals surface area contributed by atoms with Crippen LogP contribution in [0.25, 0.3) is 0 Å². The Morgan fingerprint density at radius 2 is 1.59 bits per heavy atom. The number of unbranched alkanes of at least 4 members (excludes halogenated alkanes) is 1. The first kappa shape index (κ1) is 28.9. The highest BCUT2D eigenvalue weighted by molar-refractivity contribution is 7.80. The summed E-state index contributed by atoms with van der Waals surface area (Å²) in [6.45, 7) is 13.1. The van der Waals surface area contributed by atoms with Crippen LogP contribution in [0.2, 0.25) is 0 Å². The summed E-state index contributed by atoms with van der Waals surface area (Å²) in [6, 6.07) is 0. The molecule has 0 aliphatic carbocycles. The molecule has 0 rings (SSSR count). The first-order valence-electron chi connectivity index (χ1n) is 9.93. The largest absolute Gasteiger partial charge is 0.726 e. The van der Waals surface area contributed by atoms with Crippen LogP contribution < -0.4 is 0 Å². The maximum Gasteiger partial charge on any atom is 0.217 e. The molecule has 0 heterocycles. The van der Waals surface area contributed by atoms with E-state index < -0.39 is 10.4 Å². The van der Waals surface area contributed by atoms with Crippen LogP contribution in [-0.2, 0) is 24.1 Å². The number of aliphatic hydroxyl groups excluding tert-OH is 1. The fourth-order valence-corrected chi connectivity index (χ4v) is 2.52. The molecule has 0 fully saturated rings. The minimum absolute atomic E-state index is 0.0673. The predicted molar refractivity (Wildman–Crippen MR) is 105 cm³/mol. The van der Waals surface area contributed by atoms with Gasteiger partial charge in [0.2, 0.25) is 10.4 Å². The maximum atomic E-state index is 10.1. The molecule has 0 aromatic rings. The molecule has 0 aliphatic rings. The van der Waals surface area contributed by atoms with E-state index in [1.807, 2.05) is 0 Å². The van der Waals surface area contributed by atoms with Gasteiger partial charge in [0.25, 0.3) is 0 Å². The lowest BCUT2D eigenvalue weighted by molar-refractivity contribution is 0.0223. The summed E-state index contributed by atoms with van der Waals surface area (Å²) >= 11 is 0. The SMILES string of the molecule is CCCCC(CC)COCCOCCOS(=O)(=O)[O-].CCN(CC)CCO. The van der Waals surface area contributed by atoms with Crippen molar-refractivity contribution in [1.29, 1.82) is 0 Å². The Balaban J connectivity index is 0. The third-order valence-electron chi connectivity index (χ3n) is 4.03. The van der Waals surface area contributed by atoms with Gasteiger partial charge in [-0.1, -0.05) is 47.0 Å². The van der Waals surface area contributed by atoms with Gasteiger partial charge in [-0.15, -0.1) is 0 Å². The van der Waals surface area contributed by atoms with Crippen LogP contribution in [0, 0.1) is 5.92 Å². The molecular formula is C18H40NO7S-. The molecule has 0 amide bonds. The molecule has 9 heteroatoms. The monoisotopic (exact) mass is 414 g/mol. The smallest absolute Gasteiger partial charge is 0.217 e. The molecule has 0 aromatic heterocycles. The summed E-state index contributed by atoms with van der Waals surface area (Å²) in [5.74, 6) is 0.592. The molecule has 166 valence electrons. The summed E-state index contributed by atoms with van der Waals surface area (Å²) in [5, 5.41) is 8.46.